The smallest absolute Gasteiger partial charge is 0.127 e. The third kappa shape index (κ3) is 4.95. The van der Waals surface area contributed by atoms with E-state index in [0.717, 1.165) is 11.1 Å². The van der Waals surface area contributed by atoms with Gasteiger partial charge in [0, 0.05) is 0 Å². The first-order valence-electron chi connectivity index (χ1n) is 10.2. The lowest BCUT2D eigenvalue weighted by Crippen LogP contribution is -2.08. The Bertz CT molecular complexity index is 1160. The van der Waals surface area contributed by atoms with Gasteiger partial charge in [0.25, 0.3) is 0 Å². The molecule has 4 rings (SSSR count). The van der Waals surface area contributed by atoms with Gasteiger partial charge in [-0.2, -0.15) is 10.5 Å². The fraction of sp³-hybridized carbons (Fsp3) is 0.0714. The lowest BCUT2D eigenvalue weighted by molar-refractivity contribution is 0.480. The molecule has 2 atom stereocenters. The maximum Gasteiger partial charge on any atom is 0.127 e. The van der Waals surface area contributed by atoms with Crippen LogP contribution in [0.4, 0.5) is 0 Å². The molecular weight excluding hydrogens is 396 g/mol. The fourth-order valence-electron chi connectivity index (χ4n) is 3.48. The molecule has 0 spiro atoms. The molecule has 0 aliphatic carbocycles. The topological polar surface area (TPSA) is 66.0 Å². The van der Waals surface area contributed by atoms with Crippen LogP contribution in [0.1, 0.15) is 23.0 Å². The zero-order valence-electron chi connectivity index (χ0n) is 17.3. The lowest BCUT2D eigenvalue weighted by atomic mass is 9.83. The van der Waals surface area contributed by atoms with E-state index in [0.29, 0.717) is 23.0 Å². The molecular formula is C28H20N2O2. The molecule has 0 saturated heterocycles. The summed E-state index contributed by atoms with van der Waals surface area (Å²) >= 11 is 0. The third-order valence-electron chi connectivity index (χ3n) is 5.00. The molecule has 2 unspecified atom stereocenters. The Balaban J connectivity index is 1.59. The summed E-state index contributed by atoms with van der Waals surface area (Å²) in [5.41, 5.74) is 1.45. The molecule has 0 amide bonds. The molecule has 0 heterocycles. The van der Waals surface area contributed by atoms with Crippen LogP contribution in [-0.4, -0.2) is 0 Å². The second-order valence-electron chi connectivity index (χ2n) is 7.19. The van der Waals surface area contributed by atoms with Gasteiger partial charge in [-0.1, -0.05) is 60.7 Å². The Labute approximate surface area is 187 Å². The van der Waals surface area contributed by atoms with Gasteiger partial charge in [0.2, 0.25) is 0 Å². The van der Waals surface area contributed by atoms with Gasteiger partial charge in [-0.15, -0.1) is 0 Å². The summed E-state index contributed by atoms with van der Waals surface area (Å²) in [5, 5.41) is 19.9. The van der Waals surface area contributed by atoms with Crippen LogP contribution in [0.3, 0.4) is 0 Å². The van der Waals surface area contributed by atoms with E-state index in [1.165, 1.54) is 0 Å². The maximum absolute atomic E-state index is 9.95. The highest BCUT2D eigenvalue weighted by Gasteiger charge is 2.25. The van der Waals surface area contributed by atoms with Crippen LogP contribution >= 0.6 is 0 Å². The Morgan fingerprint density at radius 1 is 0.469 bits per heavy atom. The van der Waals surface area contributed by atoms with Gasteiger partial charge < -0.3 is 9.47 Å². The summed E-state index contributed by atoms with van der Waals surface area (Å²) in [6.07, 6.45) is 0. The number of nitrogens with zero attached hydrogens (tertiary/aromatic N) is 2. The number of benzene rings is 4. The monoisotopic (exact) mass is 416 g/mol. The summed E-state index contributed by atoms with van der Waals surface area (Å²) in [6.45, 7) is 0. The first kappa shape index (κ1) is 20.7. The van der Waals surface area contributed by atoms with Gasteiger partial charge in [0.05, 0.1) is 24.0 Å². The number of nitriles is 2. The van der Waals surface area contributed by atoms with Crippen LogP contribution in [0.25, 0.3) is 0 Å². The standard InChI is InChI=1S/C28H20N2O2/c29-19-27(21-9-7-15-25(17-21)31-23-11-3-1-4-12-23)28(20-30)22-10-8-16-26(18-22)32-24-13-5-2-6-14-24/h1-18,27-28H. The van der Waals surface area contributed by atoms with Gasteiger partial charge in [0.15, 0.2) is 0 Å². The Kier molecular flexibility index (Phi) is 6.46. The van der Waals surface area contributed by atoms with E-state index >= 15 is 0 Å². The van der Waals surface area contributed by atoms with Crippen molar-refractivity contribution in [2.24, 2.45) is 0 Å². The fourth-order valence-corrected chi connectivity index (χ4v) is 3.48. The molecule has 0 fully saturated rings. The molecule has 4 aromatic carbocycles. The van der Waals surface area contributed by atoms with E-state index in [9.17, 15) is 10.5 Å². The average Bonchev–Trinajstić information content (AvgIpc) is 2.84. The third-order valence-corrected chi connectivity index (χ3v) is 5.00. The second-order valence-corrected chi connectivity index (χ2v) is 7.19. The molecule has 0 aliphatic heterocycles. The molecule has 154 valence electrons. The maximum atomic E-state index is 9.95. The van der Waals surface area contributed by atoms with E-state index in [4.69, 9.17) is 9.47 Å². The molecule has 0 N–H and O–H groups in total. The van der Waals surface area contributed by atoms with Crippen LogP contribution < -0.4 is 9.47 Å². The number of hydrogen-bond donors (Lipinski definition) is 0. The van der Waals surface area contributed by atoms with Crippen molar-refractivity contribution in [3.63, 3.8) is 0 Å². The molecule has 0 aromatic heterocycles. The zero-order chi connectivity index (χ0) is 22.2. The molecule has 4 aromatic rings. The number of para-hydroxylation sites is 2. The molecule has 4 nitrogen and oxygen atoms in total. The van der Waals surface area contributed by atoms with Crippen LogP contribution in [0.2, 0.25) is 0 Å². The molecule has 4 heteroatoms. The molecule has 0 bridgehead atoms. The Hall–Kier alpha value is -4.54. The van der Waals surface area contributed by atoms with Crippen molar-refractivity contribution in [2.75, 3.05) is 0 Å². The molecule has 0 radical (unpaired) electrons. The van der Waals surface area contributed by atoms with Gasteiger partial charge in [0.1, 0.15) is 23.0 Å². The molecule has 32 heavy (non-hydrogen) atoms. The van der Waals surface area contributed by atoms with E-state index in [-0.39, 0.29) is 0 Å². The van der Waals surface area contributed by atoms with Crippen LogP contribution in [0.15, 0.2) is 109 Å². The second kappa shape index (κ2) is 9.98. The van der Waals surface area contributed by atoms with E-state index in [1.54, 1.807) is 0 Å². The van der Waals surface area contributed by atoms with Gasteiger partial charge >= 0.3 is 0 Å². The predicted molar refractivity (Wildman–Crippen MR) is 123 cm³/mol. The van der Waals surface area contributed by atoms with Crippen molar-refractivity contribution < 1.29 is 9.47 Å². The molecule has 0 aliphatic rings. The highest BCUT2D eigenvalue weighted by molar-refractivity contribution is 5.44. The van der Waals surface area contributed by atoms with Gasteiger partial charge in [-0.3, -0.25) is 0 Å². The zero-order valence-corrected chi connectivity index (χ0v) is 17.3. The Morgan fingerprint density at radius 3 is 1.22 bits per heavy atom. The van der Waals surface area contributed by atoms with Crippen LogP contribution in [0, 0.1) is 22.7 Å². The first-order valence-corrected chi connectivity index (χ1v) is 10.2. The van der Waals surface area contributed by atoms with E-state index in [1.807, 2.05) is 109 Å². The highest BCUT2D eigenvalue weighted by atomic mass is 16.5. The minimum atomic E-state index is -0.661. The summed E-state index contributed by atoms with van der Waals surface area (Å²) in [6, 6.07) is 38.2. The van der Waals surface area contributed by atoms with Gasteiger partial charge in [-0.05, 0) is 59.7 Å². The van der Waals surface area contributed by atoms with Crippen molar-refractivity contribution in [3.05, 3.63) is 120 Å². The minimum Gasteiger partial charge on any atom is -0.457 e. The predicted octanol–water partition coefficient (Wildman–Crippen LogP) is 7.19. The van der Waals surface area contributed by atoms with Gasteiger partial charge in [-0.25, -0.2) is 0 Å². The quantitative estimate of drug-likeness (QED) is 0.320. The minimum absolute atomic E-state index is 0.617. The molecule has 0 saturated carbocycles. The van der Waals surface area contributed by atoms with Crippen LogP contribution in [-0.2, 0) is 0 Å². The lowest BCUT2D eigenvalue weighted by Gasteiger charge is -2.18. The summed E-state index contributed by atoms with van der Waals surface area (Å²) in [4.78, 5) is 0. The van der Waals surface area contributed by atoms with Crippen molar-refractivity contribution in [1.82, 2.24) is 0 Å². The SMILES string of the molecule is N#CC(c1cccc(Oc2ccccc2)c1)C(C#N)c1cccc(Oc2ccccc2)c1. The first-order chi connectivity index (χ1) is 15.8. The summed E-state index contributed by atoms with van der Waals surface area (Å²) < 4.78 is 11.8. The average molecular weight is 416 g/mol. The van der Waals surface area contributed by atoms with E-state index < -0.39 is 11.8 Å². The van der Waals surface area contributed by atoms with Crippen LogP contribution in [0.5, 0.6) is 23.0 Å². The largest absolute Gasteiger partial charge is 0.457 e. The number of hydrogen-bond acceptors (Lipinski definition) is 4. The van der Waals surface area contributed by atoms with Crippen molar-refractivity contribution in [2.45, 2.75) is 11.8 Å². The number of rotatable bonds is 7. The summed E-state index contributed by atoms with van der Waals surface area (Å²) in [7, 11) is 0. The van der Waals surface area contributed by atoms with Crippen molar-refractivity contribution in [3.8, 4) is 35.1 Å². The van der Waals surface area contributed by atoms with E-state index in [2.05, 4.69) is 12.1 Å². The van der Waals surface area contributed by atoms with Crippen molar-refractivity contribution >= 4 is 0 Å². The summed E-state index contributed by atoms with van der Waals surface area (Å²) in [5.74, 6) is 1.33. The van der Waals surface area contributed by atoms with Crippen molar-refractivity contribution in [1.29, 1.82) is 10.5 Å². The number of ether oxygens (including phenoxy) is 2. The normalized spacial score (nSPS) is 12.1. The highest BCUT2D eigenvalue weighted by Crippen LogP contribution is 2.36. The Morgan fingerprint density at radius 2 is 0.844 bits per heavy atom.